The van der Waals surface area contributed by atoms with Gasteiger partial charge in [-0.05, 0) is 37.6 Å². The van der Waals surface area contributed by atoms with Gasteiger partial charge in [-0.2, -0.15) is 0 Å². The van der Waals surface area contributed by atoms with E-state index in [2.05, 4.69) is 5.32 Å². The van der Waals surface area contributed by atoms with Crippen LogP contribution < -0.4 is 11.1 Å². The summed E-state index contributed by atoms with van der Waals surface area (Å²) in [4.78, 5) is 0. The highest BCUT2D eigenvalue weighted by molar-refractivity contribution is 4.91. The molecule has 2 fully saturated rings. The zero-order valence-corrected chi connectivity index (χ0v) is 9.93. The predicted molar refractivity (Wildman–Crippen MR) is 64.8 cm³/mol. The molecular formula is C13H26N2. The van der Waals surface area contributed by atoms with Gasteiger partial charge in [0.05, 0.1) is 0 Å². The molecule has 2 rings (SSSR count). The van der Waals surface area contributed by atoms with E-state index in [1.807, 2.05) is 0 Å². The van der Waals surface area contributed by atoms with Crippen LogP contribution in [0, 0.1) is 5.41 Å². The maximum Gasteiger partial charge on any atom is 0.00673 e. The summed E-state index contributed by atoms with van der Waals surface area (Å²) in [5, 5.41) is 3.78. The van der Waals surface area contributed by atoms with Gasteiger partial charge in [0.25, 0.3) is 0 Å². The van der Waals surface area contributed by atoms with E-state index in [1.165, 1.54) is 64.3 Å². The van der Waals surface area contributed by atoms with Gasteiger partial charge in [0.2, 0.25) is 0 Å². The number of hydrogen-bond donors (Lipinski definition) is 2. The summed E-state index contributed by atoms with van der Waals surface area (Å²) in [5.41, 5.74) is 6.35. The Morgan fingerprint density at radius 1 is 1.00 bits per heavy atom. The molecule has 15 heavy (non-hydrogen) atoms. The van der Waals surface area contributed by atoms with Crippen LogP contribution in [0.2, 0.25) is 0 Å². The second-order valence-electron chi connectivity index (χ2n) is 5.63. The second-order valence-corrected chi connectivity index (χ2v) is 5.63. The minimum atomic E-state index is 0.478. The molecule has 0 spiro atoms. The fourth-order valence-electron chi connectivity index (χ4n) is 2.97. The van der Waals surface area contributed by atoms with Crippen LogP contribution in [0.1, 0.15) is 57.8 Å². The smallest absolute Gasteiger partial charge is 0.00673 e. The molecule has 0 amide bonds. The molecule has 0 aliphatic heterocycles. The first-order valence-corrected chi connectivity index (χ1v) is 6.78. The van der Waals surface area contributed by atoms with Crippen molar-refractivity contribution >= 4 is 0 Å². The molecule has 0 aromatic rings. The Balaban J connectivity index is 1.71. The first kappa shape index (κ1) is 11.4. The zero-order valence-electron chi connectivity index (χ0n) is 9.93. The van der Waals surface area contributed by atoms with E-state index in [0.29, 0.717) is 5.41 Å². The van der Waals surface area contributed by atoms with E-state index >= 15 is 0 Å². The van der Waals surface area contributed by atoms with Gasteiger partial charge in [-0.15, -0.1) is 0 Å². The standard InChI is InChI=1S/C13H26N2/c14-10-13(8-5-9-13)11-15-12-6-3-1-2-4-7-12/h12,15H,1-11,14H2. The molecule has 3 N–H and O–H groups in total. The average Bonchev–Trinajstić information content (AvgIpc) is 2.45. The Kier molecular flexibility index (Phi) is 4.04. The van der Waals surface area contributed by atoms with Crippen LogP contribution in [0.3, 0.4) is 0 Å². The van der Waals surface area contributed by atoms with E-state index in [1.54, 1.807) is 0 Å². The molecule has 2 aliphatic carbocycles. The molecule has 0 bridgehead atoms. The van der Waals surface area contributed by atoms with Crippen LogP contribution in [-0.4, -0.2) is 19.1 Å². The maximum atomic E-state index is 5.88. The number of hydrogen-bond acceptors (Lipinski definition) is 2. The highest BCUT2D eigenvalue weighted by Gasteiger charge is 2.35. The van der Waals surface area contributed by atoms with Crippen molar-refractivity contribution in [3.05, 3.63) is 0 Å². The number of nitrogens with one attached hydrogen (secondary N) is 1. The first-order chi connectivity index (χ1) is 7.35. The van der Waals surface area contributed by atoms with Gasteiger partial charge < -0.3 is 11.1 Å². The summed E-state index contributed by atoms with van der Waals surface area (Å²) in [7, 11) is 0. The molecular weight excluding hydrogens is 184 g/mol. The molecule has 2 nitrogen and oxygen atoms in total. The van der Waals surface area contributed by atoms with E-state index in [4.69, 9.17) is 5.73 Å². The molecule has 2 saturated carbocycles. The van der Waals surface area contributed by atoms with Crippen molar-refractivity contribution in [2.45, 2.75) is 63.8 Å². The quantitative estimate of drug-likeness (QED) is 0.699. The predicted octanol–water partition coefficient (Wildman–Crippen LogP) is 2.43. The zero-order chi connectivity index (χ0) is 10.6. The third-order valence-electron chi connectivity index (χ3n) is 4.47. The Morgan fingerprint density at radius 2 is 1.67 bits per heavy atom. The van der Waals surface area contributed by atoms with Crippen molar-refractivity contribution < 1.29 is 0 Å². The Labute approximate surface area is 94.0 Å². The van der Waals surface area contributed by atoms with Crippen LogP contribution in [0.4, 0.5) is 0 Å². The molecule has 2 heteroatoms. The summed E-state index contributed by atoms with van der Waals surface area (Å²) in [5.74, 6) is 0. The van der Waals surface area contributed by atoms with Crippen LogP contribution in [0.5, 0.6) is 0 Å². The average molecular weight is 210 g/mol. The summed E-state index contributed by atoms with van der Waals surface area (Å²) < 4.78 is 0. The Hall–Kier alpha value is -0.0800. The largest absolute Gasteiger partial charge is 0.330 e. The van der Waals surface area contributed by atoms with Crippen molar-refractivity contribution in [3.8, 4) is 0 Å². The number of rotatable bonds is 4. The van der Waals surface area contributed by atoms with E-state index in [-0.39, 0.29) is 0 Å². The molecule has 0 unspecified atom stereocenters. The van der Waals surface area contributed by atoms with E-state index in [9.17, 15) is 0 Å². The van der Waals surface area contributed by atoms with E-state index in [0.717, 1.165) is 12.6 Å². The highest BCUT2D eigenvalue weighted by Crippen LogP contribution is 2.39. The number of nitrogens with two attached hydrogens (primary N) is 1. The lowest BCUT2D eigenvalue weighted by atomic mass is 9.68. The highest BCUT2D eigenvalue weighted by atomic mass is 14.9. The lowest BCUT2D eigenvalue weighted by Gasteiger charge is -2.42. The molecule has 0 aromatic heterocycles. The van der Waals surface area contributed by atoms with Crippen molar-refractivity contribution in [3.63, 3.8) is 0 Å². The van der Waals surface area contributed by atoms with Gasteiger partial charge in [-0.25, -0.2) is 0 Å². The normalized spacial score (nSPS) is 27.0. The van der Waals surface area contributed by atoms with Crippen LogP contribution in [-0.2, 0) is 0 Å². The Bertz CT molecular complexity index is 173. The van der Waals surface area contributed by atoms with Gasteiger partial charge in [0, 0.05) is 12.6 Å². The third kappa shape index (κ3) is 2.94. The third-order valence-corrected chi connectivity index (χ3v) is 4.47. The minimum absolute atomic E-state index is 0.478. The summed E-state index contributed by atoms with van der Waals surface area (Å²) >= 11 is 0. The summed E-state index contributed by atoms with van der Waals surface area (Å²) in [6, 6.07) is 0.788. The lowest BCUT2D eigenvalue weighted by molar-refractivity contribution is 0.134. The monoisotopic (exact) mass is 210 g/mol. The van der Waals surface area contributed by atoms with E-state index < -0.39 is 0 Å². The topological polar surface area (TPSA) is 38.0 Å². The van der Waals surface area contributed by atoms with Gasteiger partial charge >= 0.3 is 0 Å². The van der Waals surface area contributed by atoms with Gasteiger partial charge in [-0.1, -0.05) is 32.1 Å². The maximum absolute atomic E-state index is 5.88. The van der Waals surface area contributed by atoms with Crippen molar-refractivity contribution in [2.75, 3.05) is 13.1 Å². The van der Waals surface area contributed by atoms with Crippen LogP contribution in [0.15, 0.2) is 0 Å². The molecule has 0 radical (unpaired) electrons. The Morgan fingerprint density at radius 3 is 2.13 bits per heavy atom. The fraction of sp³-hybridized carbons (Fsp3) is 1.00. The molecule has 0 aromatic carbocycles. The van der Waals surface area contributed by atoms with Gasteiger partial charge in [0.15, 0.2) is 0 Å². The molecule has 2 aliphatic rings. The summed E-state index contributed by atoms with van der Waals surface area (Å²) in [6.45, 7) is 2.06. The van der Waals surface area contributed by atoms with Crippen molar-refractivity contribution in [2.24, 2.45) is 11.1 Å². The minimum Gasteiger partial charge on any atom is -0.330 e. The first-order valence-electron chi connectivity index (χ1n) is 6.78. The van der Waals surface area contributed by atoms with Gasteiger partial charge in [0.1, 0.15) is 0 Å². The molecule has 0 saturated heterocycles. The van der Waals surface area contributed by atoms with Crippen LogP contribution in [0.25, 0.3) is 0 Å². The van der Waals surface area contributed by atoms with Crippen molar-refractivity contribution in [1.29, 1.82) is 0 Å². The molecule has 88 valence electrons. The molecule has 0 atom stereocenters. The summed E-state index contributed by atoms with van der Waals surface area (Å²) in [6.07, 6.45) is 12.6. The molecule has 0 heterocycles. The van der Waals surface area contributed by atoms with Gasteiger partial charge in [-0.3, -0.25) is 0 Å². The fourth-order valence-corrected chi connectivity index (χ4v) is 2.97. The van der Waals surface area contributed by atoms with Crippen molar-refractivity contribution in [1.82, 2.24) is 5.32 Å². The van der Waals surface area contributed by atoms with Crippen LogP contribution >= 0.6 is 0 Å². The second kappa shape index (κ2) is 5.31. The lowest BCUT2D eigenvalue weighted by Crippen LogP contribution is -2.47. The SMILES string of the molecule is NCC1(CNC2CCCCCC2)CCC1.